The van der Waals surface area contributed by atoms with Crippen molar-refractivity contribution in [1.29, 1.82) is 0 Å². The molecule has 144 valence electrons. The Morgan fingerprint density at radius 3 is 2.56 bits per heavy atom. The molecule has 8 heteroatoms. The number of aromatic nitrogens is 1. The Balaban J connectivity index is 1.63. The van der Waals surface area contributed by atoms with Gasteiger partial charge in [-0.3, -0.25) is 4.79 Å². The molecule has 1 amide bonds. The molecule has 1 aromatic heterocycles. The molecule has 1 N–H and O–H groups in total. The third kappa shape index (κ3) is 4.77. The standard InChI is InChI=1S/C19H23N3O4S/c1-3-26-17-7-5-15(6-8-17)21-18-9-4-14(12-20-18)19(23)22(2)16-10-11-27(24,25)13-16/h4-9,12,16H,3,10-11,13H2,1-2H3,(H,20,21). The van der Waals surface area contributed by atoms with E-state index in [1.807, 2.05) is 31.2 Å². The van der Waals surface area contributed by atoms with E-state index in [0.717, 1.165) is 11.4 Å². The molecular formula is C19H23N3O4S. The maximum atomic E-state index is 12.6. The zero-order valence-corrected chi connectivity index (χ0v) is 16.2. The van der Waals surface area contributed by atoms with Crippen molar-refractivity contribution in [3.05, 3.63) is 48.2 Å². The SMILES string of the molecule is CCOc1ccc(Nc2ccc(C(=O)N(C)C3CCS(=O)(=O)C3)cn2)cc1. The van der Waals surface area contributed by atoms with Gasteiger partial charge >= 0.3 is 0 Å². The summed E-state index contributed by atoms with van der Waals surface area (Å²) in [4.78, 5) is 18.4. The number of sulfone groups is 1. The maximum Gasteiger partial charge on any atom is 0.255 e. The van der Waals surface area contributed by atoms with Gasteiger partial charge in [0.05, 0.1) is 23.7 Å². The van der Waals surface area contributed by atoms with Crippen molar-refractivity contribution < 1.29 is 17.9 Å². The van der Waals surface area contributed by atoms with Gasteiger partial charge in [-0.15, -0.1) is 0 Å². The van der Waals surface area contributed by atoms with E-state index in [0.29, 0.717) is 24.4 Å². The summed E-state index contributed by atoms with van der Waals surface area (Å²) >= 11 is 0. The number of carbonyl (C=O) groups is 1. The Bertz CT molecular complexity index is 896. The fourth-order valence-electron chi connectivity index (χ4n) is 2.99. The number of nitrogens with one attached hydrogen (secondary N) is 1. The van der Waals surface area contributed by atoms with Crippen LogP contribution in [0, 0.1) is 0 Å². The number of amides is 1. The fraction of sp³-hybridized carbons (Fsp3) is 0.368. The van der Waals surface area contributed by atoms with Crippen LogP contribution in [0.1, 0.15) is 23.7 Å². The van der Waals surface area contributed by atoms with Crippen LogP contribution in [0.4, 0.5) is 11.5 Å². The zero-order valence-electron chi connectivity index (χ0n) is 15.4. The van der Waals surface area contributed by atoms with E-state index in [1.54, 1.807) is 19.2 Å². The lowest BCUT2D eigenvalue weighted by Crippen LogP contribution is -2.37. The smallest absolute Gasteiger partial charge is 0.255 e. The Labute approximate surface area is 159 Å². The van der Waals surface area contributed by atoms with Crippen molar-refractivity contribution in [2.75, 3.05) is 30.5 Å². The molecule has 1 aliphatic rings. The molecule has 1 aromatic carbocycles. The van der Waals surface area contributed by atoms with Crippen LogP contribution in [0.15, 0.2) is 42.6 Å². The summed E-state index contributed by atoms with van der Waals surface area (Å²) in [7, 11) is -1.39. The summed E-state index contributed by atoms with van der Waals surface area (Å²) in [6.45, 7) is 2.55. The Morgan fingerprint density at radius 2 is 2.00 bits per heavy atom. The van der Waals surface area contributed by atoms with Gasteiger partial charge in [-0.1, -0.05) is 0 Å². The van der Waals surface area contributed by atoms with Crippen molar-refractivity contribution in [2.45, 2.75) is 19.4 Å². The number of rotatable bonds is 6. The highest BCUT2D eigenvalue weighted by atomic mass is 32.2. The Hall–Kier alpha value is -2.61. The second-order valence-electron chi connectivity index (χ2n) is 6.49. The van der Waals surface area contributed by atoms with Gasteiger partial charge in [0, 0.05) is 25.0 Å². The van der Waals surface area contributed by atoms with Gasteiger partial charge in [0.2, 0.25) is 0 Å². The molecule has 7 nitrogen and oxygen atoms in total. The maximum absolute atomic E-state index is 12.6. The predicted octanol–water partition coefficient (Wildman–Crippen LogP) is 2.48. The number of pyridine rings is 1. The highest BCUT2D eigenvalue weighted by Crippen LogP contribution is 2.21. The average molecular weight is 389 g/mol. The molecule has 0 aliphatic carbocycles. The van der Waals surface area contributed by atoms with Crippen LogP contribution in [0.3, 0.4) is 0 Å². The Morgan fingerprint density at radius 1 is 1.26 bits per heavy atom. The van der Waals surface area contributed by atoms with E-state index < -0.39 is 9.84 Å². The summed E-state index contributed by atoms with van der Waals surface area (Å²) in [5, 5.41) is 3.16. The van der Waals surface area contributed by atoms with Crippen LogP contribution < -0.4 is 10.1 Å². The van der Waals surface area contributed by atoms with Crippen LogP contribution in [-0.2, 0) is 9.84 Å². The van der Waals surface area contributed by atoms with Crippen molar-refractivity contribution in [1.82, 2.24) is 9.88 Å². The van der Waals surface area contributed by atoms with Crippen molar-refractivity contribution in [2.24, 2.45) is 0 Å². The largest absolute Gasteiger partial charge is 0.494 e. The predicted molar refractivity (Wildman–Crippen MR) is 104 cm³/mol. The summed E-state index contributed by atoms with van der Waals surface area (Å²) in [6, 6.07) is 10.7. The van der Waals surface area contributed by atoms with Crippen LogP contribution in [0.2, 0.25) is 0 Å². The van der Waals surface area contributed by atoms with Gasteiger partial charge < -0.3 is 15.0 Å². The topological polar surface area (TPSA) is 88.6 Å². The number of ether oxygens (including phenoxy) is 1. The third-order valence-electron chi connectivity index (χ3n) is 4.52. The minimum Gasteiger partial charge on any atom is -0.494 e. The molecule has 1 fully saturated rings. The van der Waals surface area contributed by atoms with E-state index >= 15 is 0 Å². The second-order valence-corrected chi connectivity index (χ2v) is 8.72. The number of hydrogen-bond donors (Lipinski definition) is 1. The van der Waals surface area contributed by atoms with Crippen molar-refractivity contribution in [3.8, 4) is 5.75 Å². The van der Waals surface area contributed by atoms with E-state index in [2.05, 4.69) is 10.3 Å². The van der Waals surface area contributed by atoms with Crippen LogP contribution in [0.5, 0.6) is 5.75 Å². The second kappa shape index (κ2) is 7.96. The first-order valence-corrected chi connectivity index (χ1v) is 10.6. The normalized spacial score (nSPS) is 18.1. The molecule has 1 aliphatic heterocycles. The summed E-state index contributed by atoms with van der Waals surface area (Å²) in [5.74, 6) is 1.35. The molecule has 1 saturated heterocycles. The van der Waals surface area contributed by atoms with Crippen LogP contribution in [0.25, 0.3) is 0 Å². The molecule has 1 unspecified atom stereocenters. The van der Waals surface area contributed by atoms with E-state index in [4.69, 9.17) is 4.74 Å². The molecule has 2 heterocycles. The molecule has 1 atom stereocenters. The van der Waals surface area contributed by atoms with Gasteiger partial charge in [0.25, 0.3) is 5.91 Å². The lowest BCUT2D eigenvalue weighted by Gasteiger charge is -2.23. The zero-order chi connectivity index (χ0) is 19.4. The fourth-order valence-corrected chi connectivity index (χ4v) is 4.77. The number of hydrogen-bond acceptors (Lipinski definition) is 6. The lowest BCUT2D eigenvalue weighted by molar-refractivity contribution is 0.0747. The molecule has 0 saturated carbocycles. The summed E-state index contributed by atoms with van der Waals surface area (Å²) in [5.41, 5.74) is 1.29. The van der Waals surface area contributed by atoms with Crippen molar-refractivity contribution >= 4 is 27.2 Å². The average Bonchev–Trinajstić information content (AvgIpc) is 3.03. The van der Waals surface area contributed by atoms with Gasteiger partial charge in [-0.2, -0.15) is 0 Å². The van der Waals surface area contributed by atoms with E-state index in [-0.39, 0.29) is 23.5 Å². The molecule has 0 radical (unpaired) electrons. The first kappa shape index (κ1) is 19.2. The van der Waals surface area contributed by atoms with E-state index in [9.17, 15) is 13.2 Å². The molecule has 27 heavy (non-hydrogen) atoms. The molecule has 3 rings (SSSR count). The molecular weight excluding hydrogens is 366 g/mol. The minimum atomic E-state index is -3.03. The lowest BCUT2D eigenvalue weighted by atomic mass is 10.2. The number of carbonyl (C=O) groups excluding carboxylic acids is 1. The Kier molecular flexibility index (Phi) is 5.65. The quantitative estimate of drug-likeness (QED) is 0.817. The summed E-state index contributed by atoms with van der Waals surface area (Å²) < 4.78 is 28.6. The van der Waals surface area contributed by atoms with Gasteiger partial charge in [0.15, 0.2) is 9.84 Å². The first-order chi connectivity index (χ1) is 12.9. The van der Waals surface area contributed by atoms with E-state index in [1.165, 1.54) is 11.1 Å². The number of anilines is 2. The van der Waals surface area contributed by atoms with Crippen LogP contribution in [-0.4, -0.2) is 55.4 Å². The first-order valence-electron chi connectivity index (χ1n) is 8.81. The summed E-state index contributed by atoms with van der Waals surface area (Å²) in [6.07, 6.45) is 1.98. The third-order valence-corrected chi connectivity index (χ3v) is 6.27. The van der Waals surface area contributed by atoms with Crippen molar-refractivity contribution in [3.63, 3.8) is 0 Å². The van der Waals surface area contributed by atoms with Gasteiger partial charge in [0.1, 0.15) is 11.6 Å². The number of benzene rings is 1. The van der Waals surface area contributed by atoms with Gasteiger partial charge in [-0.05, 0) is 49.7 Å². The highest BCUT2D eigenvalue weighted by molar-refractivity contribution is 7.91. The molecule has 0 bridgehead atoms. The minimum absolute atomic E-state index is 0.0278. The highest BCUT2D eigenvalue weighted by Gasteiger charge is 2.33. The molecule has 2 aromatic rings. The number of nitrogens with zero attached hydrogens (tertiary/aromatic N) is 2. The monoisotopic (exact) mass is 389 g/mol. The van der Waals surface area contributed by atoms with Crippen LogP contribution >= 0.6 is 0 Å². The van der Waals surface area contributed by atoms with Gasteiger partial charge in [-0.25, -0.2) is 13.4 Å². The molecule has 0 spiro atoms.